The quantitative estimate of drug-likeness (QED) is 0.572. The Labute approximate surface area is 84.2 Å². The molecule has 1 aromatic rings. The molecule has 0 aromatic carbocycles. The lowest BCUT2D eigenvalue weighted by atomic mass is 10.5. The lowest BCUT2D eigenvalue weighted by Crippen LogP contribution is -2.05. The van der Waals surface area contributed by atoms with Gasteiger partial charge in [0.15, 0.2) is 5.69 Å². The van der Waals surface area contributed by atoms with Crippen molar-refractivity contribution in [1.82, 2.24) is 4.98 Å². The van der Waals surface area contributed by atoms with Crippen molar-refractivity contribution >= 4 is 25.7 Å². The highest BCUT2D eigenvalue weighted by molar-refractivity contribution is 8.13. The second kappa shape index (κ2) is 3.97. The number of carbonyl (C=O) groups excluding carboxylic acids is 1. The molecule has 8 heteroatoms. The van der Waals surface area contributed by atoms with Crippen LogP contribution in [0.4, 0.5) is 0 Å². The first-order chi connectivity index (χ1) is 6.45. The van der Waals surface area contributed by atoms with Gasteiger partial charge in [-0.2, -0.15) is 4.98 Å². The monoisotopic (exact) mass is 239 g/mol. The zero-order valence-electron chi connectivity index (χ0n) is 7.06. The van der Waals surface area contributed by atoms with Crippen LogP contribution in [-0.2, 0) is 13.8 Å². The molecular formula is C6H6ClNO5S. The normalized spacial score (nSPS) is 11.3. The number of oxazole rings is 1. The number of halogens is 1. The van der Waals surface area contributed by atoms with Crippen molar-refractivity contribution in [3.8, 4) is 0 Å². The van der Waals surface area contributed by atoms with Gasteiger partial charge < -0.3 is 9.15 Å². The Bertz CT molecular complexity index is 437. The van der Waals surface area contributed by atoms with Crippen LogP contribution in [0, 0.1) is 0 Å². The molecule has 14 heavy (non-hydrogen) atoms. The summed E-state index contributed by atoms with van der Waals surface area (Å²) in [6.07, 6.45) is 0.868. The molecule has 0 amide bonds. The van der Waals surface area contributed by atoms with Crippen LogP contribution >= 0.6 is 10.7 Å². The third-order valence-corrected chi connectivity index (χ3v) is 2.18. The molecule has 0 bridgehead atoms. The molecule has 0 aliphatic rings. The smallest absolute Gasteiger partial charge is 0.360 e. The van der Waals surface area contributed by atoms with Crippen molar-refractivity contribution in [3.63, 3.8) is 0 Å². The highest BCUT2D eigenvalue weighted by Crippen LogP contribution is 2.14. The maximum Gasteiger partial charge on any atom is 0.360 e. The van der Waals surface area contributed by atoms with E-state index in [0.717, 1.165) is 6.26 Å². The van der Waals surface area contributed by atoms with Crippen LogP contribution < -0.4 is 0 Å². The average molecular weight is 240 g/mol. The predicted octanol–water partition coefficient (Wildman–Crippen LogP) is 0.779. The summed E-state index contributed by atoms with van der Waals surface area (Å²) in [5.41, 5.74) is -0.230. The minimum atomic E-state index is -4.04. The fourth-order valence-corrected chi connectivity index (χ4v) is 1.25. The molecule has 1 heterocycles. The fourth-order valence-electron chi connectivity index (χ4n) is 0.668. The van der Waals surface area contributed by atoms with Crippen LogP contribution in [0.3, 0.4) is 0 Å². The second-order valence-corrected chi connectivity index (χ2v) is 4.60. The molecule has 0 spiro atoms. The summed E-state index contributed by atoms with van der Waals surface area (Å²) in [6, 6.07) is 0. The van der Waals surface area contributed by atoms with Gasteiger partial charge in [0.25, 0.3) is 0 Å². The zero-order chi connectivity index (χ0) is 10.8. The molecule has 0 fully saturated rings. The maximum atomic E-state index is 11.0. The number of aromatic nitrogens is 1. The second-order valence-electron chi connectivity index (χ2n) is 2.16. The molecule has 0 N–H and O–H groups in total. The number of carbonyl (C=O) groups is 1. The lowest BCUT2D eigenvalue weighted by molar-refractivity contribution is 0.0519. The SMILES string of the molecule is CCOC(=O)c1coc(S(=O)(=O)Cl)n1. The van der Waals surface area contributed by atoms with E-state index >= 15 is 0 Å². The van der Waals surface area contributed by atoms with Crippen molar-refractivity contribution < 1.29 is 22.4 Å². The Balaban J connectivity index is 2.94. The molecule has 0 saturated heterocycles. The van der Waals surface area contributed by atoms with Crippen LogP contribution in [-0.4, -0.2) is 26.0 Å². The van der Waals surface area contributed by atoms with Crippen LogP contribution in [0.5, 0.6) is 0 Å². The van der Waals surface area contributed by atoms with E-state index < -0.39 is 20.2 Å². The molecule has 0 aliphatic heterocycles. The van der Waals surface area contributed by atoms with E-state index in [1.54, 1.807) is 6.92 Å². The maximum absolute atomic E-state index is 11.0. The summed E-state index contributed by atoms with van der Waals surface area (Å²) >= 11 is 0. The highest BCUT2D eigenvalue weighted by Gasteiger charge is 2.21. The molecule has 0 aliphatic carbocycles. The van der Waals surface area contributed by atoms with Crippen molar-refractivity contribution in [2.45, 2.75) is 12.1 Å². The minimum absolute atomic E-state index is 0.161. The highest BCUT2D eigenvalue weighted by atomic mass is 35.7. The molecule has 1 rings (SSSR count). The van der Waals surface area contributed by atoms with E-state index in [0.29, 0.717) is 0 Å². The van der Waals surface area contributed by atoms with Gasteiger partial charge in [0.05, 0.1) is 6.61 Å². The number of nitrogens with zero attached hydrogens (tertiary/aromatic N) is 1. The Morgan fingerprint density at radius 2 is 2.36 bits per heavy atom. The van der Waals surface area contributed by atoms with Gasteiger partial charge in [-0.05, 0) is 6.92 Å². The Morgan fingerprint density at radius 1 is 1.71 bits per heavy atom. The molecule has 78 valence electrons. The van der Waals surface area contributed by atoms with Crippen LogP contribution in [0.2, 0.25) is 0 Å². The van der Waals surface area contributed by atoms with Crippen molar-refractivity contribution in [2.75, 3.05) is 6.61 Å². The van der Waals surface area contributed by atoms with Crippen LogP contribution in [0.25, 0.3) is 0 Å². The molecule has 0 unspecified atom stereocenters. The van der Waals surface area contributed by atoms with Gasteiger partial charge in [-0.25, -0.2) is 13.2 Å². The van der Waals surface area contributed by atoms with Crippen molar-refractivity contribution in [3.05, 3.63) is 12.0 Å². The lowest BCUT2D eigenvalue weighted by Gasteiger charge is -1.94. The number of ether oxygens (including phenoxy) is 1. The molecular weight excluding hydrogens is 234 g/mol. The predicted molar refractivity (Wildman–Crippen MR) is 45.5 cm³/mol. The third-order valence-electron chi connectivity index (χ3n) is 1.18. The Hall–Kier alpha value is -1.08. The van der Waals surface area contributed by atoms with Crippen LogP contribution in [0.15, 0.2) is 15.9 Å². The van der Waals surface area contributed by atoms with E-state index in [9.17, 15) is 13.2 Å². The molecule has 6 nitrogen and oxygen atoms in total. The summed E-state index contributed by atoms with van der Waals surface area (Å²) in [6.45, 7) is 1.77. The number of hydrogen-bond donors (Lipinski definition) is 0. The third kappa shape index (κ3) is 2.46. The van der Waals surface area contributed by atoms with E-state index in [1.807, 2.05) is 0 Å². The van der Waals surface area contributed by atoms with Gasteiger partial charge in [-0.1, -0.05) is 0 Å². The van der Waals surface area contributed by atoms with E-state index in [2.05, 4.69) is 14.1 Å². The average Bonchev–Trinajstić information content (AvgIpc) is 2.51. The van der Waals surface area contributed by atoms with E-state index in [4.69, 9.17) is 10.7 Å². The summed E-state index contributed by atoms with van der Waals surface area (Å²) in [4.78, 5) is 14.3. The van der Waals surface area contributed by atoms with Crippen molar-refractivity contribution in [2.24, 2.45) is 0 Å². The Morgan fingerprint density at radius 3 is 2.79 bits per heavy atom. The molecule has 0 radical (unpaired) electrons. The standard InChI is InChI=1S/C6H6ClNO5S/c1-2-12-5(9)4-3-13-6(8-4)14(7,10)11/h3H,2H2,1H3. The van der Waals surface area contributed by atoms with Crippen LogP contribution in [0.1, 0.15) is 17.4 Å². The molecule has 0 atom stereocenters. The Kier molecular flexibility index (Phi) is 3.12. The largest absolute Gasteiger partial charge is 0.461 e. The topological polar surface area (TPSA) is 86.5 Å². The van der Waals surface area contributed by atoms with Gasteiger partial charge >= 0.3 is 20.2 Å². The van der Waals surface area contributed by atoms with Gasteiger partial charge in [0, 0.05) is 10.7 Å². The molecule has 1 aromatic heterocycles. The van der Waals surface area contributed by atoms with Gasteiger partial charge in [0.1, 0.15) is 6.26 Å². The van der Waals surface area contributed by atoms with Gasteiger partial charge in [-0.15, -0.1) is 0 Å². The summed E-state index contributed by atoms with van der Waals surface area (Å²) in [7, 11) is 0.874. The first-order valence-electron chi connectivity index (χ1n) is 3.52. The zero-order valence-corrected chi connectivity index (χ0v) is 8.63. The number of hydrogen-bond acceptors (Lipinski definition) is 6. The molecule has 0 saturated carbocycles. The first kappa shape index (κ1) is 11.0. The van der Waals surface area contributed by atoms with E-state index in [1.165, 1.54) is 0 Å². The summed E-state index contributed by atoms with van der Waals surface area (Å²) in [5.74, 6) is -0.761. The fraction of sp³-hybridized carbons (Fsp3) is 0.333. The first-order valence-corrected chi connectivity index (χ1v) is 5.83. The van der Waals surface area contributed by atoms with Gasteiger partial charge in [0.2, 0.25) is 0 Å². The summed E-state index contributed by atoms with van der Waals surface area (Å²) in [5, 5.41) is -0.720. The number of rotatable bonds is 3. The van der Waals surface area contributed by atoms with Crippen molar-refractivity contribution in [1.29, 1.82) is 0 Å². The van der Waals surface area contributed by atoms with E-state index in [-0.39, 0.29) is 12.3 Å². The number of esters is 1. The van der Waals surface area contributed by atoms with Gasteiger partial charge in [-0.3, -0.25) is 0 Å². The minimum Gasteiger partial charge on any atom is -0.461 e. The summed E-state index contributed by atoms with van der Waals surface area (Å²) < 4.78 is 30.4.